The maximum atomic E-state index is 12.6. The van der Waals surface area contributed by atoms with Gasteiger partial charge in [-0.25, -0.2) is 8.42 Å². The predicted octanol–water partition coefficient (Wildman–Crippen LogP) is 3.75. The Balaban J connectivity index is 1.44. The van der Waals surface area contributed by atoms with Crippen LogP contribution in [0.15, 0.2) is 60.0 Å². The van der Waals surface area contributed by atoms with Crippen molar-refractivity contribution in [2.24, 2.45) is 5.92 Å². The molecule has 33 heavy (non-hydrogen) atoms. The Kier molecular flexibility index (Phi) is 8.79. The first-order valence-electron chi connectivity index (χ1n) is 11.3. The average molecular weight is 470 g/mol. The third-order valence-electron chi connectivity index (χ3n) is 5.60. The minimum Gasteiger partial charge on any atom is -0.352 e. The number of nitrogens with one attached hydrogen (secondary N) is 2. The molecule has 0 saturated carbocycles. The molecule has 0 spiro atoms. The molecule has 1 fully saturated rings. The molecule has 7 nitrogen and oxygen atoms in total. The summed E-state index contributed by atoms with van der Waals surface area (Å²) in [6, 6.07) is 16.7. The molecule has 0 bridgehead atoms. The highest BCUT2D eigenvalue weighted by atomic mass is 32.2. The Morgan fingerprint density at radius 1 is 1.03 bits per heavy atom. The van der Waals surface area contributed by atoms with E-state index in [0.29, 0.717) is 38.9 Å². The number of benzene rings is 2. The maximum Gasteiger partial charge on any atom is 0.236 e. The molecule has 2 amide bonds. The molecule has 3 rings (SSSR count). The van der Waals surface area contributed by atoms with Crippen LogP contribution in [0.4, 0.5) is 5.69 Å². The maximum absolute atomic E-state index is 12.6. The molecule has 0 aromatic heterocycles. The molecule has 2 aromatic carbocycles. The molecule has 0 aliphatic carbocycles. The van der Waals surface area contributed by atoms with Crippen LogP contribution in [0.5, 0.6) is 0 Å². The minimum absolute atomic E-state index is 0.0116. The van der Waals surface area contributed by atoms with E-state index in [0.717, 1.165) is 23.2 Å². The molecule has 8 heteroatoms. The summed E-state index contributed by atoms with van der Waals surface area (Å²) in [7, 11) is -3.51. The first-order chi connectivity index (χ1) is 15.9. The number of amides is 2. The average Bonchev–Trinajstić information content (AvgIpc) is 2.83. The van der Waals surface area contributed by atoms with Crippen molar-refractivity contribution in [2.75, 3.05) is 18.4 Å². The van der Waals surface area contributed by atoms with Crippen molar-refractivity contribution >= 4 is 33.6 Å². The van der Waals surface area contributed by atoms with E-state index in [9.17, 15) is 18.0 Å². The predicted molar refractivity (Wildman–Crippen MR) is 131 cm³/mol. The van der Waals surface area contributed by atoms with E-state index in [1.807, 2.05) is 61.5 Å². The third-order valence-corrected chi connectivity index (χ3v) is 7.16. The van der Waals surface area contributed by atoms with E-state index in [1.165, 1.54) is 9.71 Å². The third kappa shape index (κ3) is 7.54. The lowest BCUT2D eigenvalue weighted by atomic mass is 9.97. The van der Waals surface area contributed by atoms with Gasteiger partial charge in [-0.1, -0.05) is 49.4 Å². The van der Waals surface area contributed by atoms with Gasteiger partial charge in [-0.05, 0) is 48.6 Å². The monoisotopic (exact) mass is 469 g/mol. The summed E-state index contributed by atoms with van der Waals surface area (Å²) in [5.74, 6) is -0.281. The van der Waals surface area contributed by atoms with Crippen LogP contribution in [0, 0.1) is 5.92 Å². The molecule has 176 valence electrons. The first-order valence-corrected chi connectivity index (χ1v) is 12.8. The number of anilines is 1. The number of piperidine rings is 1. The van der Waals surface area contributed by atoms with Gasteiger partial charge in [0, 0.05) is 43.1 Å². The molecular formula is C25H31N3O4S. The van der Waals surface area contributed by atoms with E-state index in [-0.39, 0.29) is 17.7 Å². The van der Waals surface area contributed by atoms with Gasteiger partial charge in [0.2, 0.25) is 21.8 Å². The molecule has 2 aromatic rings. The van der Waals surface area contributed by atoms with Crippen molar-refractivity contribution in [3.8, 4) is 0 Å². The molecule has 1 aliphatic heterocycles. The number of carbonyl (C=O) groups is 2. The van der Waals surface area contributed by atoms with Gasteiger partial charge in [-0.2, -0.15) is 4.31 Å². The van der Waals surface area contributed by atoms with Crippen molar-refractivity contribution in [3.05, 3.63) is 71.1 Å². The lowest BCUT2D eigenvalue weighted by Crippen LogP contribution is -2.42. The van der Waals surface area contributed by atoms with Crippen molar-refractivity contribution in [1.29, 1.82) is 0 Å². The lowest BCUT2D eigenvalue weighted by Gasteiger charge is -2.29. The number of hydrogen-bond donors (Lipinski definition) is 2. The number of carbonyl (C=O) groups excluding carboxylic acids is 2. The first kappa shape index (κ1) is 24.7. The van der Waals surface area contributed by atoms with E-state index in [4.69, 9.17) is 0 Å². The largest absolute Gasteiger partial charge is 0.352 e. The second kappa shape index (κ2) is 11.8. The second-order valence-electron chi connectivity index (χ2n) is 8.14. The Morgan fingerprint density at radius 2 is 1.70 bits per heavy atom. The van der Waals surface area contributed by atoms with Crippen molar-refractivity contribution in [3.63, 3.8) is 0 Å². The number of hydrogen-bond acceptors (Lipinski definition) is 4. The van der Waals surface area contributed by atoms with Crippen LogP contribution in [0.2, 0.25) is 0 Å². The smallest absolute Gasteiger partial charge is 0.236 e. The molecular weight excluding hydrogens is 438 g/mol. The van der Waals surface area contributed by atoms with Gasteiger partial charge in [0.1, 0.15) is 0 Å². The summed E-state index contributed by atoms with van der Waals surface area (Å²) in [6.07, 6.45) is 3.86. The Morgan fingerprint density at radius 3 is 2.33 bits per heavy atom. The van der Waals surface area contributed by atoms with Gasteiger partial charge in [-0.3, -0.25) is 9.59 Å². The van der Waals surface area contributed by atoms with Crippen molar-refractivity contribution in [1.82, 2.24) is 9.62 Å². The van der Waals surface area contributed by atoms with Gasteiger partial charge < -0.3 is 10.6 Å². The van der Waals surface area contributed by atoms with E-state index < -0.39 is 10.0 Å². The molecule has 1 saturated heterocycles. The van der Waals surface area contributed by atoms with Crippen LogP contribution in [-0.2, 0) is 26.2 Å². The highest BCUT2D eigenvalue weighted by Crippen LogP contribution is 2.21. The minimum atomic E-state index is -3.51. The van der Waals surface area contributed by atoms with Crippen LogP contribution >= 0.6 is 0 Å². The van der Waals surface area contributed by atoms with Gasteiger partial charge in [-0.15, -0.1) is 0 Å². The summed E-state index contributed by atoms with van der Waals surface area (Å²) in [6.45, 7) is 3.00. The summed E-state index contributed by atoms with van der Waals surface area (Å²) in [4.78, 5) is 24.2. The normalized spacial score (nSPS) is 15.4. The van der Waals surface area contributed by atoms with E-state index >= 15 is 0 Å². The van der Waals surface area contributed by atoms with Crippen LogP contribution in [-0.4, -0.2) is 37.6 Å². The van der Waals surface area contributed by atoms with E-state index in [1.54, 1.807) is 6.08 Å². The van der Waals surface area contributed by atoms with Gasteiger partial charge in [0.05, 0.1) is 0 Å². The lowest BCUT2D eigenvalue weighted by molar-refractivity contribution is -0.126. The zero-order chi connectivity index (χ0) is 23.7. The fourth-order valence-electron chi connectivity index (χ4n) is 3.68. The van der Waals surface area contributed by atoms with Crippen LogP contribution < -0.4 is 10.6 Å². The van der Waals surface area contributed by atoms with Crippen LogP contribution in [0.25, 0.3) is 6.08 Å². The Bertz CT molecular complexity index is 1060. The molecule has 0 unspecified atom stereocenters. The standard InChI is InChI=1S/C25H31N3O4S/c1-2-6-24(29)27-23-11-9-21(10-12-23)19-26-25(30)22-13-16-28(17-14-22)33(31,32)18-15-20-7-4-3-5-8-20/h3-5,7-12,15,18,22H,2,6,13-14,16-17,19H2,1H3,(H,26,30)(H,27,29)/b18-15+. The zero-order valence-corrected chi connectivity index (χ0v) is 19.7. The highest BCUT2D eigenvalue weighted by molar-refractivity contribution is 7.92. The van der Waals surface area contributed by atoms with Crippen LogP contribution in [0.1, 0.15) is 43.7 Å². The summed E-state index contributed by atoms with van der Waals surface area (Å²) in [5.41, 5.74) is 2.49. The summed E-state index contributed by atoms with van der Waals surface area (Å²) >= 11 is 0. The molecule has 2 N–H and O–H groups in total. The highest BCUT2D eigenvalue weighted by Gasteiger charge is 2.29. The van der Waals surface area contributed by atoms with Crippen molar-refractivity contribution in [2.45, 2.75) is 39.2 Å². The topological polar surface area (TPSA) is 95.6 Å². The number of rotatable bonds is 9. The fourth-order valence-corrected chi connectivity index (χ4v) is 4.90. The fraction of sp³-hybridized carbons (Fsp3) is 0.360. The van der Waals surface area contributed by atoms with Gasteiger partial charge in [0.25, 0.3) is 0 Å². The van der Waals surface area contributed by atoms with Gasteiger partial charge in [0.15, 0.2) is 0 Å². The summed E-state index contributed by atoms with van der Waals surface area (Å²) < 4.78 is 26.6. The van der Waals surface area contributed by atoms with E-state index in [2.05, 4.69) is 10.6 Å². The molecule has 0 radical (unpaired) electrons. The molecule has 1 heterocycles. The molecule has 0 atom stereocenters. The number of nitrogens with zero attached hydrogens (tertiary/aromatic N) is 1. The zero-order valence-electron chi connectivity index (χ0n) is 18.9. The SMILES string of the molecule is CCCC(=O)Nc1ccc(CNC(=O)C2CCN(S(=O)(=O)/C=C/c3ccccc3)CC2)cc1. The van der Waals surface area contributed by atoms with Crippen molar-refractivity contribution < 1.29 is 18.0 Å². The van der Waals surface area contributed by atoms with Gasteiger partial charge >= 0.3 is 0 Å². The Labute approximate surface area is 195 Å². The summed E-state index contributed by atoms with van der Waals surface area (Å²) in [5, 5.41) is 7.01. The molecule has 1 aliphatic rings. The number of sulfonamides is 1. The van der Waals surface area contributed by atoms with Crippen LogP contribution in [0.3, 0.4) is 0 Å². The second-order valence-corrected chi connectivity index (χ2v) is 9.96. The quantitative estimate of drug-likeness (QED) is 0.585. The Hall–Kier alpha value is -2.97.